The molecule has 0 radical (unpaired) electrons. The van der Waals surface area contributed by atoms with Crippen molar-refractivity contribution in [2.45, 2.75) is 25.1 Å². The SMILES string of the molecule is NC(CCCNC(=O)C(F)(F)F)C(=O)O. The smallest absolute Gasteiger partial charge is 0.471 e. The quantitative estimate of drug-likeness (QED) is 0.571. The van der Waals surface area contributed by atoms with E-state index in [1.165, 1.54) is 0 Å². The van der Waals surface area contributed by atoms with Gasteiger partial charge in [-0.3, -0.25) is 9.59 Å². The summed E-state index contributed by atoms with van der Waals surface area (Å²) in [7, 11) is 0. The van der Waals surface area contributed by atoms with E-state index in [0.717, 1.165) is 0 Å². The third-order valence-corrected chi connectivity index (χ3v) is 1.55. The maximum absolute atomic E-state index is 11.6. The van der Waals surface area contributed by atoms with E-state index in [1.54, 1.807) is 5.32 Å². The van der Waals surface area contributed by atoms with Gasteiger partial charge in [0.15, 0.2) is 0 Å². The van der Waals surface area contributed by atoms with Gasteiger partial charge >= 0.3 is 18.1 Å². The number of carboxylic acid groups (broad SMARTS) is 1. The summed E-state index contributed by atoms with van der Waals surface area (Å²) >= 11 is 0. The van der Waals surface area contributed by atoms with Gasteiger partial charge in [0.05, 0.1) is 0 Å². The lowest BCUT2D eigenvalue weighted by molar-refractivity contribution is -0.173. The van der Waals surface area contributed by atoms with Gasteiger partial charge in [-0.1, -0.05) is 0 Å². The summed E-state index contributed by atoms with van der Waals surface area (Å²) in [6.45, 7) is -0.251. The molecule has 15 heavy (non-hydrogen) atoms. The highest BCUT2D eigenvalue weighted by Gasteiger charge is 2.38. The minimum absolute atomic E-state index is 0.00741. The molecule has 0 aliphatic rings. The summed E-state index contributed by atoms with van der Waals surface area (Å²) in [6.07, 6.45) is -4.82. The second kappa shape index (κ2) is 5.54. The maximum Gasteiger partial charge on any atom is 0.471 e. The zero-order valence-electron chi connectivity index (χ0n) is 7.67. The minimum Gasteiger partial charge on any atom is -0.480 e. The Kier molecular flexibility index (Phi) is 5.06. The third kappa shape index (κ3) is 5.89. The number of hydrogen-bond donors (Lipinski definition) is 3. The normalized spacial score (nSPS) is 13.3. The largest absolute Gasteiger partial charge is 0.480 e. The molecule has 5 nitrogen and oxygen atoms in total. The van der Waals surface area contributed by atoms with Crippen LogP contribution in [0.3, 0.4) is 0 Å². The van der Waals surface area contributed by atoms with Crippen LogP contribution in [0.2, 0.25) is 0 Å². The molecule has 0 aliphatic carbocycles. The lowest BCUT2D eigenvalue weighted by Gasteiger charge is -2.08. The average molecular weight is 228 g/mol. The Morgan fingerprint density at radius 3 is 2.33 bits per heavy atom. The second-order valence-electron chi connectivity index (χ2n) is 2.84. The van der Waals surface area contributed by atoms with E-state index < -0.39 is 24.1 Å². The Hall–Kier alpha value is -1.31. The highest BCUT2D eigenvalue weighted by molar-refractivity contribution is 5.81. The van der Waals surface area contributed by atoms with Crippen molar-refractivity contribution in [2.75, 3.05) is 6.54 Å². The van der Waals surface area contributed by atoms with Crippen LogP contribution in [0.25, 0.3) is 0 Å². The van der Waals surface area contributed by atoms with Crippen molar-refractivity contribution in [2.24, 2.45) is 5.73 Å². The fourth-order valence-electron chi connectivity index (χ4n) is 0.748. The van der Waals surface area contributed by atoms with Crippen LogP contribution in [-0.4, -0.2) is 35.7 Å². The third-order valence-electron chi connectivity index (χ3n) is 1.55. The maximum atomic E-state index is 11.6. The molecule has 0 saturated heterocycles. The van der Waals surface area contributed by atoms with Crippen LogP contribution in [0.1, 0.15) is 12.8 Å². The molecule has 1 amide bonds. The van der Waals surface area contributed by atoms with Crippen LogP contribution in [0.15, 0.2) is 0 Å². The van der Waals surface area contributed by atoms with Gasteiger partial charge in [-0.2, -0.15) is 13.2 Å². The zero-order valence-corrected chi connectivity index (χ0v) is 7.67. The van der Waals surface area contributed by atoms with Crippen LogP contribution < -0.4 is 11.1 Å². The van der Waals surface area contributed by atoms with Gasteiger partial charge in [0.1, 0.15) is 6.04 Å². The molecule has 0 fully saturated rings. The summed E-state index contributed by atoms with van der Waals surface area (Å²) in [4.78, 5) is 20.5. The van der Waals surface area contributed by atoms with Crippen molar-refractivity contribution in [1.82, 2.24) is 5.32 Å². The van der Waals surface area contributed by atoms with Gasteiger partial charge in [-0.15, -0.1) is 0 Å². The van der Waals surface area contributed by atoms with Crippen molar-refractivity contribution in [1.29, 1.82) is 0 Å². The number of rotatable bonds is 5. The van der Waals surface area contributed by atoms with Crippen molar-refractivity contribution < 1.29 is 27.9 Å². The molecule has 0 spiro atoms. The predicted molar refractivity (Wildman–Crippen MR) is 43.9 cm³/mol. The number of carbonyl (C=O) groups excluding carboxylic acids is 1. The summed E-state index contributed by atoms with van der Waals surface area (Å²) in [5.41, 5.74) is 5.08. The van der Waals surface area contributed by atoms with Crippen LogP contribution in [0.5, 0.6) is 0 Å². The van der Waals surface area contributed by atoms with E-state index in [4.69, 9.17) is 10.8 Å². The number of amides is 1. The fourth-order valence-corrected chi connectivity index (χ4v) is 0.748. The molecule has 4 N–H and O–H groups in total. The molecule has 88 valence electrons. The summed E-state index contributed by atoms with van der Waals surface area (Å²) in [5, 5.41) is 9.93. The molecule has 1 atom stereocenters. The summed E-state index contributed by atoms with van der Waals surface area (Å²) < 4.78 is 34.9. The Bertz CT molecular complexity index is 242. The highest BCUT2D eigenvalue weighted by Crippen LogP contribution is 2.13. The van der Waals surface area contributed by atoms with Crippen LogP contribution in [-0.2, 0) is 9.59 Å². The van der Waals surface area contributed by atoms with Crippen molar-refractivity contribution in [3.63, 3.8) is 0 Å². The summed E-state index contributed by atoms with van der Waals surface area (Å²) in [6, 6.07) is -1.12. The fraction of sp³-hybridized carbons (Fsp3) is 0.714. The Morgan fingerprint density at radius 1 is 1.40 bits per heavy atom. The Balaban J connectivity index is 3.64. The van der Waals surface area contributed by atoms with E-state index in [1.807, 2.05) is 0 Å². The second-order valence-corrected chi connectivity index (χ2v) is 2.84. The standard InChI is InChI=1S/C7H11F3N2O3/c8-7(9,10)6(15)12-3-1-2-4(11)5(13)14/h4H,1-3,11H2,(H,12,15)(H,13,14). The summed E-state index contributed by atoms with van der Waals surface area (Å²) in [5.74, 6) is -3.26. The van der Waals surface area contributed by atoms with E-state index in [0.29, 0.717) is 0 Å². The molecular formula is C7H11F3N2O3. The Morgan fingerprint density at radius 2 is 1.93 bits per heavy atom. The number of nitrogens with one attached hydrogen (secondary N) is 1. The topological polar surface area (TPSA) is 92.4 Å². The first-order valence-electron chi connectivity index (χ1n) is 4.08. The number of hydrogen-bond acceptors (Lipinski definition) is 3. The van der Waals surface area contributed by atoms with E-state index in [2.05, 4.69) is 0 Å². The predicted octanol–water partition coefficient (Wildman–Crippen LogP) is -0.143. The average Bonchev–Trinajstić information content (AvgIpc) is 2.09. The lowest BCUT2D eigenvalue weighted by Crippen LogP contribution is -2.38. The molecule has 0 heterocycles. The number of halogens is 3. The lowest BCUT2D eigenvalue weighted by atomic mass is 10.2. The first-order valence-corrected chi connectivity index (χ1v) is 4.08. The van der Waals surface area contributed by atoms with E-state index in [-0.39, 0.29) is 19.4 Å². The number of carboxylic acids is 1. The van der Waals surface area contributed by atoms with Gasteiger partial charge in [0.2, 0.25) is 0 Å². The van der Waals surface area contributed by atoms with Gasteiger partial charge < -0.3 is 16.2 Å². The van der Waals surface area contributed by atoms with Crippen molar-refractivity contribution >= 4 is 11.9 Å². The minimum atomic E-state index is -4.91. The molecule has 0 bridgehead atoms. The van der Waals surface area contributed by atoms with Gasteiger partial charge in [-0.05, 0) is 12.8 Å². The monoisotopic (exact) mass is 228 g/mol. The van der Waals surface area contributed by atoms with Crippen LogP contribution >= 0.6 is 0 Å². The first kappa shape index (κ1) is 13.7. The number of aliphatic carboxylic acids is 1. The van der Waals surface area contributed by atoms with E-state index >= 15 is 0 Å². The van der Waals surface area contributed by atoms with Crippen LogP contribution in [0, 0.1) is 0 Å². The van der Waals surface area contributed by atoms with Gasteiger partial charge in [-0.25, -0.2) is 0 Å². The number of nitrogens with two attached hydrogens (primary N) is 1. The molecule has 0 aromatic carbocycles. The molecule has 0 saturated carbocycles. The number of alkyl halides is 3. The highest BCUT2D eigenvalue weighted by atomic mass is 19.4. The molecule has 0 aromatic rings. The molecule has 0 aromatic heterocycles. The van der Waals surface area contributed by atoms with E-state index in [9.17, 15) is 22.8 Å². The van der Waals surface area contributed by atoms with Gasteiger partial charge in [0.25, 0.3) is 0 Å². The Labute approximate surface area is 83.4 Å². The van der Waals surface area contributed by atoms with Crippen molar-refractivity contribution in [3.8, 4) is 0 Å². The molecule has 0 aliphatic heterocycles. The van der Waals surface area contributed by atoms with Crippen LogP contribution in [0.4, 0.5) is 13.2 Å². The first-order chi connectivity index (χ1) is 6.75. The molecule has 1 unspecified atom stereocenters. The molecule has 0 rings (SSSR count). The number of carbonyl (C=O) groups is 2. The van der Waals surface area contributed by atoms with Crippen molar-refractivity contribution in [3.05, 3.63) is 0 Å². The van der Waals surface area contributed by atoms with Gasteiger partial charge in [0, 0.05) is 6.54 Å². The zero-order chi connectivity index (χ0) is 12.1. The molecular weight excluding hydrogens is 217 g/mol. The molecule has 8 heteroatoms.